The molecular weight excluding hydrogens is 741 g/mol. The van der Waals surface area contributed by atoms with Crippen molar-refractivity contribution in [2.45, 2.75) is 38.5 Å². The maximum absolute atomic E-state index is 7.03. The van der Waals surface area contributed by atoms with Crippen LogP contribution in [0, 0.1) is 0 Å². The molecule has 2 aliphatic rings. The first-order valence-corrected chi connectivity index (χ1v) is 21.3. The van der Waals surface area contributed by atoms with Gasteiger partial charge in [-0.15, -0.1) is 0 Å². The van der Waals surface area contributed by atoms with Crippen LogP contribution in [-0.4, -0.2) is 0 Å². The summed E-state index contributed by atoms with van der Waals surface area (Å²) in [5.74, 6) is 0. The fraction of sp³-hybridized carbons (Fsp3) is 0.103. The van der Waals surface area contributed by atoms with Crippen molar-refractivity contribution in [3.05, 3.63) is 216 Å². The number of hydrogen-bond donors (Lipinski definition) is 0. The van der Waals surface area contributed by atoms with Gasteiger partial charge in [0.15, 0.2) is 0 Å². The predicted molar refractivity (Wildman–Crippen MR) is 256 cm³/mol. The van der Waals surface area contributed by atoms with E-state index >= 15 is 0 Å². The lowest BCUT2D eigenvalue weighted by molar-refractivity contribution is 0.660. The minimum Gasteiger partial charge on any atom is -0.456 e. The number of furan rings is 1. The Balaban J connectivity index is 1.03. The van der Waals surface area contributed by atoms with Crippen LogP contribution in [0.4, 0.5) is 34.1 Å². The average molecular weight is 785 g/mol. The molecule has 0 saturated carbocycles. The highest BCUT2D eigenvalue weighted by atomic mass is 16.3. The summed E-state index contributed by atoms with van der Waals surface area (Å²) in [6, 6.07) is 70.9. The third-order valence-corrected chi connectivity index (χ3v) is 13.6. The van der Waals surface area contributed by atoms with Crippen molar-refractivity contribution < 1.29 is 4.42 Å². The fourth-order valence-corrected chi connectivity index (χ4v) is 10.6. The van der Waals surface area contributed by atoms with Gasteiger partial charge in [0.1, 0.15) is 11.2 Å². The maximum atomic E-state index is 7.03. The molecule has 0 radical (unpaired) electrons. The summed E-state index contributed by atoms with van der Waals surface area (Å²) >= 11 is 0. The van der Waals surface area contributed by atoms with E-state index < -0.39 is 0 Å². The van der Waals surface area contributed by atoms with Crippen molar-refractivity contribution in [2.75, 3.05) is 9.80 Å². The van der Waals surface area contributed by atoms with Crippen molar-refractivity contribution in [1.29, 1.82) is 0 Å². The van der Waals surface area contributed by atoms with Gasteiger partial charge in [0.25, 0.3) is 0 Å². The zero-order valence-corrected chi connectivity index (χ0v) is 34.8. The first kappa shape index (κ1) is 35.6. The highest BCUT2D eigenvalue weighted by molar-refractivity contribution is 6.23. The molecule has 0 spiro atoms. The summed E-state index contributed by atoms with van der Waals surface area (Å²) in [5, 5.41) is 4.56. The minimum atomic E-state index is -0.124. The number of hydrogen-bond acceptors (Lipinski definition) is 3. The molecule has 3 heteroatoms. The molecule has 0 N–H and O–H groups in total. The Labute approximate surface area is 356 Å². The van der Waals surface area contributed by atoms with E-state index in [0.717, 1.165) is 61.4 Å². The first-order chi connectivity index (χ1) is 29.8. The van der Waals surface area contributed by atoms with Gasteiger partial charge in [0.05, 0.1) is 5.69 Å². The van der Waals surface area contributed by atoms with Crippen LogP contribution >= 0.6 is 0 Å². The second-order valence-corrected chi connectivity index (χ2v) is 17.7. The molecule has 0 unspecified atom stereocenters. The van der Waals surface area contributed by atoms with E-state index in [9.17, 15) is 0 Å². The summed E-state index contributed by atoms with van der Waals surface area (Å²) < 4.78 is 7.03. The Morgan fingerprint density at radius 1 is 0.328 bits per heavy atom. The van der Waals surface area contributed by atoms with Crippen LogP contribution in [-0.2, 0) is 10.8 Å². The lowest BCUT2D eigenvalue weighted by atomic mass is 9.82. The summed E-state index contributed by atoms with van der Waals surface area (Å²) in [5.41, 5.74) is 18.7. The number of benzene rings is 9. The molecule has 61 heavy (non-hydrogen) atoms. The standard InChI is InChI=1S/C58H44N2O/c1-57(2)49-25-15-13-21-42(49)44-30-27-39(33-51(44)57)59(37-17-7-5-8-18-37)41-29-32-48-54(35-41)61-55-36-53(46-23-11-12-24-47(46)56(48)55)60(38-19-9-6-10-20-38)40-28-31-45-43-22-14-16-26-50(43)58(3,4)52(45)34-40/h5-36H,1-4H3. The molecule has 0 saturated heterocycles. The van der Waals surface area contributed by atoms with E-state index in [0.29, 0.717) is 0 Å². The van der Waals surface area contributed by atoms with Gasteiger partial charge in [-0.05, 0) is 111 Å². The molecule has 2 aliphatic carbocycles. The van der Waals surface area contributed by atoms with E-state index in [1.807, 2.05) is 0 Å². The number of nitrogens with zero attached hydrogens (tertiary/aromatic N) is 2. The Morgan fingerprint density at radius 3 is 1.39 bits per heavy atom. The average Bonchev–Trinajstić information content (AvgIpc) is 3.86. The molecule has 9 aromatic carbocycles. The Bertz CT molecular complexity index is 3380. The lowest BCUT2D eigenvalue weighted by Gasteiger charge is -2.29. The van der Waals surface area contributed by atoms with Gasteiger partial charge in [-0.3, -0.25) is 0 Å². The van der Waals surface area contributed by atoms with Crippen molar-refractivity contribution >= 4 is 66.8 Å². The number of para-hydroxylation sites is 2. The summed E-state index contributed by atoms with van der Waals surface area (Å²) in [7, 11) is 0. The minimum absolute atomic E-state index is 0.111. The van der Waals surface area contributed by atoms with Gasteiger partial charge in [-0.25, -0.2) is 0 Å². The van der Waals surface area contributed by atoms with E-state index in [2.05, 4.69) is 232 Å². The zero-order valence-electron chi connectivity index (χ0n) is 34.8. The van der Waals surface area contributed by atoms with E-state index in [4.69, 9.17) is 4.42 Å². The molecule has 10 aromatic rings. The Morgan fingerprint density at radius 2 is 0.787 bits per heavy atom. The molecular formula is C58H44N2O. The van der Waals surface area contributed by atoms with Crippen LogP contribution in [0.15, 0.2) is 199 Å². The smallest absolute Gasteiger partial charge is 0.138 e. The van der Waals surface area contributed by atoms with Gasteiger partial charge in [-0.2, -0.15) is 0 Å². The predicted octanol–water partition coefficient (Wildman–Crippen LogP) is 16.3. The van der Waals surface area contributed by atoms with Crippen LogP contribution < -0.4 is 9.80 Å². The second kappa shape index (κ2) is 13.1. The largest absolute Gasteiger partial charge is 0.456 e. The van der Waals surface area contributed by atoms with Crippen molar-refractivity contribution in [3.63, 3.8) is 0 Å². The zero-order chi connectivity index (χ0) is 41.0. The summed E-state index contributed by atoms with van der Waals surface area (Å²) in [6.07, 6.45) is 0. The monoisotopic (exact) mass is 784 g/mol. The number of rotatable bonds is 6. The lowest BCUT2D eigenvalue weighted by Crippen LogP contribution is -2.16. The topological polar surface area (TPSA) is 19.6 Å². The molecule has 0 atom stereocenters. The van der Waals surface area contributed by atoms with E-state index in [1.54, 1.807) is 0 Å². The van der Waals surface area contributed by atoms with E-state index in [-0.39, 0.29) is 10.8 Å². The molecule has 0 amide bonds. The van der Waals surface area contributed by atoms with Crippen molar-refractivity contribution in [1.82, 2.24) is 0 Å². The molecule has 1 aromatic heterocycles. The highest BCUT2D eigenvalue weighted by Gasteiger charge is 2.37. The normalized spacial score (nSPS) is 14.2. The molecule has 0 fully saturated rings. The molecule has 0 aliphatic heterocycles. The van der Waals surface area contributed by atoms with Gasteiger partial charge < -0.3 is 14.2 Å². The Hall–Kier alpha value is -7.36. The third kappa shape index (κ3) is 5.23. The SMILES string of the molecule is CC1(C)c2ccccc2-c2ccc(N(c3ccccc3)c3ccc4c(c3)oc3cc(N(c5ccccc5)c5ccc6c(c5)C(C)(C)c5ccccc5-6)c5ccccc5c34)cc21. The van der Waals surface area contributed by atoms with Crippen molar-refractivity contribution in [2.24, 2.45) is 0 Å². The molecule has 3 nitrogen and oxygen atoms in total. The van der Waals surface area contributed by atoms with Gasteiger partial charge in [-0.1, -0.05) is 149 Å². The molecule has 12 rings (SSSR count). The fourth-order valence-electron chi connectivity index (χ4n) is 10.6. The summed E-state index contributed by atoms with van der Waals surface area (Å²) in [4.78, 5) is 4.77. The third-order valence-electron chi connectivity index (χ3n) is 13.6. The van der Waals surface area contributed by atoms with Crippen LogP contribution in [0.3, 0.4) is 0 Å². The molecule has 0 bridgehead atoms. The van der Waals surface area contributed by atoms with Crippen LogP contribution in [0.1, 0.15) is 49.9 Å². The Kier molecular flexibility index (Phi) is 7.62. The highest BCUT2D eigenvalue weighted by Crippen LogP contribution is 2.53. The molecule has 292 valence electrons. The quantitative estimate of drug-likeness (QED) is 0.167. The van der Waals surface area contributed by atoms with Crippen LogP contribution in [0.2, 0.25) is 0 Å². The number of fused-ring (bicyclic) bond motifs is 11. The maximum Gasteiger partial charge on any atom is 0.138 e. The van der Waals surface area contributed by atoms with Crippen LogP contribution in [0.5, 0.6) is 0 Å². The second-order valence-electron chi connectivity index (χ2n) is 17.7. The first-order valence-electron chi connectivity index (χ1n) is 21.3. The van der Waals surface area contributed by atoms with Gasteiger partial charge in [0.2, 0.25) is 0 Å². The van der Waals surface area contributed by atoms with Gasteiger partial charge in [0, 0.05) is 67.6 Å². The van der Waals surface area contributed by atoms with Crippen molar-refractivity contribution in [3.8, 4) is 22.3 Å². The molecule has 1 heterocycles. The van der Waals surface area contributed by atoms with E-state index in [1.165, 1.54) is 49.9 Å². The summed E-state index contributed by atoms with van der Waals surface area (Å²) in [6.45, 7) is 9.38. The number of anilines is 6. The van der Waals surface area contributed by atoms with Gasteiger partial charge >= 0.3 is 0 Å². The van der Waals surface area contributed by atoms with Crippen LogP contribution in [0.25, 0.3) is 55.0 Å².